The predicted molar refractivity (Wildman–Crippen MR) is 54.5 cm³/mol. The second-order valence-corrected chi connectivity index (χ2v) is 3.10. The largest absolute Gasteiger partial charge is 0.461 e. The SMILES string of the molecule is CCOC(=O)c1ccc2cnn(C)c2n1. The third-order valence-corrected chi connectivity index (χ3v) is 2.07. The van der Waals surface area contributed by atoms with Crippen LogP contribution in [0.4, 0.5) is 0 Å². The fourth-order valence-corrected chi connectivity index (χ4v) is 1.34. The summed E-state index contributed by atoms with van der Waals surface area (Å²) in [5, 5.41) is 4.95. The van der Waals surface area contributed by atoms with Crippen molar-refractivity contribution in [3.05, 3.63) is 24.0 Å². The third kappa shape index (κ3) is 1.68. The van der Waals surface area contributed by atoms with Crippen molar-refractivity contribution in [2.75, 3.05) is 6.61 Å². The molecule has 0 radical (unpaired) electrons. The van der Waals surface area contributed by atoms with E-state index in [-0.39, 0.29) is 0 Å². The first kappa shape index (κ1) is 9.64. The zero-order valence-corrected chi connectivity index (χ0v) is 8.60. The van der Waals surface area contributed by atoms with Gasteiger partial charge in [0.2, 0.25) is 0 Å². The fourth-order valence-electron chi connectivity index (χ4n) is 1.34. The number of carbonyl (C=O) groups is 1. The lowest BCUT2D eigenvalue weighted by Gasteiger charge is -2.00. The van der Waals surface area contributed by atoms with Crippen molar-refractivity contribution in [2.45, 2.75) is 6.92 Å². The third-order valence-electron chi connectivity index (χ3n) is 2.07. The van der Waals surface area contributed by atoms with Crippen LogP contribution >= 0.6 is 0 Å². The number of rotatable bonds is 2. The van der Waals surface area contributed by atoms with Crippen molar-refractivity contribution in [3.8, 4) is 0 Å². The first-order valence-electron chi connectivity index (χ1n) is 4.68. The summed E-state index contributed by atoms with van der Waals surface area (Å²) >= 11 is 0. The molecule has 78 valence electrons. The van der Waals surface area contributed by atoms with E-state index in [9.17, 15) is 4.79 Å². The molecule has 5 nitrogen and oxygen atoms in total. The molecule has 0 amide bonds. The Morgan fingerprint density at radius 1 is 1.53 bits per heavy atom. The molecule has 0 fully saturated rings. The molecule has 0 N–H and O–H groups in total. The highest BCUT2D eigenvalue weighted by Crippen LogP contribution is 2.11. The fraction of sp³-hybridized carbons (Fsp3) is 0.300. The molecule has 0 saturated carbocycles. The number of ether oxygens (including phenoxy) is 1. The summed E-state index contributed by atoms with van der Waals surface area (Å²) in [6.07, 6.45) is 1.71. The molecule has 0 atom stereocenters. The van der Waals surface area contributed by atoms with Gasteiger partial charge in [0.25, 0.3) is 0 Å². The van der Waals surface area contributed by atoms with Crippen molar-refractivity contribution in [1.29, 1.82) is 0 Å². The van der Waals surface area contributed by atoms with Gasteiger partial charge in [0.15, 0.2) is 11.3 Å². The van der Waals surface area contributed by atoms with Crippen LogP contribution in [-0.4, -0.2) is 27.3 Å². The quantitative estimate of drug-likeness (QED) is 0.690. The Balaban J connectivity index is 2.45. The van der Waals surface area contributed by atoms with Crippen LogP contribution in [0.25, 0.3) is 11.0 Å². The summed E-state index contributed by atoms with van der Waals surface area (Å²) in [5.41, 5.74) is 0.994. The van der Waals surface area contributed by atoms with E-state index in [0.29, 0.717) is 17.9 Å². The maximum atomic E-state index is 11.4. The van der Waals surface area contributed by atoms with Gasteiger partial charge in [-0.25, -0.2) is 9.78 Å². The maximum absolute atomic E-state index is 11.4. The molecule has 5 heteroatoms. The second-order valence-electron chi connectivity index (χ2n) is 3.10. The van der Waals surface area contributed by atoms with E-state index in [0.717, 1.165) is 5.39 Å². The standard InChI is InChI=1S/C10H11N3O2/c1-3-15-10(14)8-5-4-7-6-11-13(2)9(7)12-8/h4-6H,3H2,1-2H3. The first-order valence-corrected chi connectivity index (χ1v) is 4.68. The Morgan fingerprint density at radius 3 is 3.07 bits per heavy atom. The zero-order chi connectivity index (χ0) is 10.8. The Morgan fingerprint density at radius 2 is 2.33 bits per heavy atom. The van der Waals surface area contributed by atoms with E-state index in [1.165, 1.54) is 0 Å². The minimum absolute atomic E-state index is 0.313. The van der Waals surface area contributed by atoms with Gasteiger partial charge in [-0.2, -0.15) is 5.10 Å². The molecule has 0 unspecified atom stereocenters. The Labute approximate surface area is 86.7 Å². The van der Waals surface area contributed by atoms with Gasteiger partial charge in [-0.05, 0) is 19.1 Å². The Kier molecular flexibility index (Phi) is 2.37. The lowest BCUT2D eigenvalue weighted by atomic mass is 10.3. The summed E-state index contributed by atoms with van der Waals surface area (Å²) in [6, 6.07) is 3.45. The molecular weight excluding hydrogens is 194 g/mol. The average molecular weight is 205 g/mol. The number of fused-ring (bicyclic) bond motifs is 1. The molecule has 0 aromatic carbocycles. The number of carbonyl (C=O) groups excluding carboxylic acids is 1. The highest BCUT2D eigenvalue weighted by molar-refractivity contribution is 5.90. The molecule has 0 spiro atoms. The van der Waals surface area contributed by atoms with E-state index in [1.807, 2.05) is 6.07 Å². The van der Waals surface area contributed by atoms with Crippen molar-refractivity contribution in [1.82, 2.24) is 14.8 Å². The highest BCUT2D eigenvalue weighted by atomic mass is 16.5. The number of hydrogen-bond acceptors (Lipinski definition) is 4. The molecule has 0 aliphatic heterocycles. The van der Waals surface area contributed by atoms with Gasteiger partial charge >= 0.3 is 5.97 Å². The number of pyridine rings is 1. The van der Waals surface area contributed by atoms with Crippen LogP contribution in [0, 0.1) is 0 Å². The Bertz CT molecular complexity index is 504. The number of nitrogens with zero attached hydrogens (tertiary/aromatic N) is 3. The molecule has 0 aliphatic carbocycles. The summed E-state index contributed by atoms with van der Waals surface area (Å²) in [4.78, 5) is 15.6. The predicted octanol–water partition coefficient (Wildman–Crippen LogP) is 1.14. The molecule has 2 heterocycles. The minimum Gasteiger partial charge on any atom is -0.461 e. The van der Waals surface area contributed by atoms with E-state index in [2.05, 4.69) is 10.1 Å². The molecule has 2 rings (SSSR count). The second kappa shape index (κ2) is 3.68. The van der Waals surface area contributed by atoms with Crippen LogP contribution in [0.2, 0.25) is 0 Å². The van der Waals surface area contributed by atoms with Crippen molar-refractivity contribution >= 4 is 17.0 Å². The van der Waals surface area contributed by atoms with E-state index >= 15 is 0 Å². The molecule has 15 heavy (non-hydrogen) atoms. The van der Waals surface area contributed by atoms with E-state index in [4.69, 9.17) is 4.74 Å². The minimum atomic E-state index is -0.402. The molecule has 2 aromatic heterocycles. The molecule has 0 aliphatic rings. The molecular formula is C10H11N3O2. The van der Waals surface area contributed by atoms with Gasteiger partial charge < -0.3 is 4.74 Å². The molecule has 2 aromatic rings. The molecule has 0 bridgehead atoms. The van der Waals surface area contributed by atoms with Crippen molar-refractivity contribution < 1.29 is 9.53 Å². The van der Waals surface area contributed by atoms with E-state index < -0.39 is 5.97 Å². The summed E-state index contributed by atoms with van der Waals surface area (Å²) in [7, 11) is 1.78. The summed E-state index contributed by atoms with van der Waals surface area (Å²) < 4.78 is 6.49. The van der Waals surface area contributed by atoms with Gasteiger partial charge in [-0.15, -0.1) is 0 Å². The number of aryl methyl sites for hydroxylation is 1. The smallest absolute Gasteiger partial charge is 0.357 e. The molecule has 0 saturated heterocycles. The van der Waals surface area contributed by atoms with Gasteiger partial charge in [0.05, 0.1) is 12.8 Å². The van der Waals surface area contributed by atoms with Crippen molar-refractivity contribution in [3.63, 3.8) is 0 Å². The van der Waals surface area contributed by atoms with Gasteiger partial charge in [0, 0.05) is 12.4 Å². The lowest BCUT2D eigenvalue weighted by molar-refractivity contribution is 0.0520. The first-order chi connectivity index (χ1) is 7.22. The van der Waals surface area contributed by atoms with Crippen LogP contribution in [-0.2, 0) is 11.8 Å². The van der Waals surface area contributed by atoms with Crippen LogP contribution in [0.3, 0.4) is 0 Å². The zero-order valence-electron chi connectivity index (χ0n) is 8.60. The maximum Gasteiger partial charge on any atom is 0.357 e. The van der Waals surface area contributed by atoms with Crippen LogP contribution < -0.4 is 0 Å². The van der Waals surface area contributed by atoms with Gasteiger partial charge in [0.1, 0.15) is 0 Å². The number of hydrogen-bond donors (Lipinski definition) is 0. The summed E-state index contributed by atoms with van der Waals surface area (Å²) in [6.45, 7) is 2.12. The van der Waals surface area contributed by atoms with E-state index in [1.54, 1.807) is 30.9 Å². The average Bonchev–Trinajstić information content (AvgIpc) is 2.60. The lowest BCUT2D eigenvalue weighted by Crippen LogP contribution is -2.07. The van der Waals surface area contributed by atoms with Gasteiger partial charge in [-0.3, -0.25) is 4.68 Å². The Hall–Kier alpha value is -1.91. The summed E-state index contributed by atoms with van der Waals surface area (Å²) in [5.74, 6) is -0.402. The van der Waals surface area contributed by atoms with Gasteiger partial charge in [-0.1, -0.05) is 0 Å². The number of esters is 1. The topological polar surface area (TPSA) is 57.0 Å². The normalized spacial score (nSPS) is 10.5. The van der Waals surface area contributed by atoms with Crippen molar-refractivity contribution in [2.24, 2.45) is 7.05 Å². The van der Waals surface area contributed by atoms with Crippen LogP contribution in [0.5, 0.6) is 0 Å². The monoisotopic (exact) mass is 205 g/mol. The van der Waals surface area contributed by atoms with Crippen LogP contribution in [0.15, 0.2) is 18.3 Å². The van der Waals surface area contributed by atoms with Crippen LogP contribution in [0.1, 0.15) is 17.4 Å². The number of aromatic nitrogens is 3. The highest BCUT2D eigenvalue weighted by Gasteiger charge is 2.10.